The van der Waals surface area contributed by atoms with Crippen molar-refractivity contribution in [2.75, 3.05) is 6.54 Å². The molecule has 0 aromatic rings. The number of nitrogens with one attached hydrogen (secondary N) is 1. The van der Waals surface area contributed by atoms with Gasteiger partial charge in [-0.05, 0) is 12.5 Å². The predicted octanol–water partition coefficient (Wildman–Crippen LogP) is 3.45. The summed E-state index contributed by atoms with van der Waals surface area (Å²) in [5, 5.41) is 6.01. The molecule has 0 fully saturated rings. The largest absolute Gasteiger partial charge is 0.279 e. The second-order valence-electron chi connectivity index (χ2n) is 4.39. The van der Waals surface area contributed by atoms with Gasteiger partial charge in [-0.2, -0.15) is 5.10 Å². The molecule has 92 valence electrons. The van der Waals surface area contributed by atoms with Gasteiger partial charge in [0.15, 0.2) is 0 Å². The maximum atomic E-state index is 3.97. The molecule has 0 saturated carbocycles. The van der Waals surface area contributed by atoms with Gasteiger partial charge in [0.2, 0.25) is 0 Å². The van der Waals surface area contributed by atoms with Crippen molar-refractivity contribution >= 4 is 6.21 Å². The van der Waals surface area contributed by atoms with Crippen LogP contribution >= 0.6 is 0 Å². The summed E-state index contributed by atoms with van der Waals surface area (Å²) in [5.74, 6) is 0. The zero-order valence-electron chi connectivity index (χ0n) is 10.5. The van der Waals surface area contributed by atoms with Crippen LogP contribution in [0.1, 0.15) is 58.3 Å². The molecule has 1 heterocycles. The molecule has 1 rings (SSSR count). The third kappa shape index (κ3) is 6.49. The number of unbranched alkanes of at least 4 members (excludes halogenated alkanes) is 7. The second-order valence-corrected chi connectivity index (χ2v) is 4.39. The number of rotatable bonds is 9. The van der Waals surface area contributed by atoms with Crippen LogP contribution in [-0.2, 0) is 0 Å². The summed E-state index contributed by atoms with van der Waals surface area (Å²) in [7, 11) is 0. The molecule has 0 amide bonds. The van der Waals surface area contributed by atoms with E-state index >= 15 is 0 Å². The number of hydrazone groups is 1. The Morgan fingerprint density at radius 3 is 2.31 bits per heavy atom. The van der Waals surface area contributed by atoms with Crippen molar-refractivity contribution in [2.45, 2.75) is 58.3 Å². The topological polar surface area (TPSA) is 27.6 Å². The fraction of sp³-hybridized carbons (Fsp3) is 0.769. The van der Waals surface area contributed by atoms with Crippen LogP contribution in [0.15, 0.2) is 17.4 Å². The maximum absolute atomic E-state index is 3.97. The van der Waals surface area contributed by atoms with E-state index in [-0.39, 0.29) is 0 Å². The third-order valence-corrected chi connectivity index (χ3v) is 2.87. The van der Waals surface area contributed by atoms with Crippen LogP contribution in [0, 0.1) is 0 Å². The number of hydrogen-bond acceptors (Lipinski definition) is 3. The fourth-order valence-electron chi connectivity index (χ4n) is 1.87. The molecule has 0 aliphatic carbocycles. The fourth-order valence-corrected chi connectivity index (χ4v) is 1.87. The van der Waals surface area contributed by atoms with Crippen molar-refractivity contribution in [3.63, 3.8) is 0 Å². The standard InChI is InChI=1S/C13H25N3/c1-2-3-4-5-6-7-8-9-12-16-13-10-11-14-15-16/h10-11,13,15H,2-9,12H2,1H3. The van der Waals surface area contributed by atoms with Gasteiger partial charge in [-0.1, -0.05) is 51.9 Å². The summed E-state index contributed by atoms with van der Waals surface area (Å²) in [5.41, 5.74) is 2.95. The van der Waals surface area contributed by atoms with E-state index in [0.29, 0.717) is 0 Å². The van der Waals surface area contributed by atoms with Gasteiger partial charge in [0.1, 0.15) is 0 Å². The van der Waals surface area contributed by atoms with Crippen LogP contribution in [0.3, 0.4) is 0 Å². The lowest BCUT2D eigenvalue weighted by Gasteiger charge is -2.20. The molecule has 0 aromatic heterocycles. The van der Waals surface area contributed by atoms with E-state index in [0.717, 1.165) is 6.54 Å². The molecule has 0 aromatic carbocycles. The molecule has 0 unspecified atom stereocenters. The minimum Gasteiger partial charge on any atom is -0.279 e. The van der Waals surface area contributed by atoms with Gasteiger partial charge >= 0.3 is 0 Å². The first kappa shape index (κ1) is 13.1. The van der Waals surface area contributed by atoms with Crippen molar-refractivity contribution in [3.8, 4) is 0 Å². The average molecular weight is 223 g/mol. The molecule has 0 bridgehead atoms. The second kappa shape index (κ2) is 9.25. The molecular weight excluding hydrogens is 198 g/mol. The number of hydrazine groups is 1. The zero-order valence-corrected chi connectivity index (χ0v) is 10.5. The summed E-state index contributed by atoms with van der Waals surface area (Å²) >= 11 is 0. The Bertz CT molecular complexity index is 211. The van der Waals surface area contributed by atoms with E-state index < -0.39 is 0 Å². The van der Waals surface area contributed by atoms with E-state index in [2.05, 4.69) is 17.6 Å². The molecule has 0 atom stereocenters. The van der Waals surface area contributed by atoms with Crippen molar-refractivity contribution in [1.29, 1.82) is 0 Å². The molecular formula is C13H25N3. The Morgan fingerprint density at radius 1 is 1.00 bits per heavy atom. The van der Waals surface area contributed by atoms with E-state index in [1.165, 1.54) is 51.4 Å². The first-order chi connectivity index (χ1) is 7.93. The highest BCUT2D eigenvalue weighted by Gasteiger charge is 1.98. The van der Waals surface area contributed by atoms with Crippen molar-refractivity contribution < 1.29 is 0 Å². The van der Waals surface area contributed by atoms with Gasteiger partial charge in [0.05, 0.1) is 6.21 Å². The molecule has 0 spiro atoms. The summed E-state index contributed by atoms with van der Waals surface area (Å²) in [6.07, 6.45) is 16.7. The monoisotopic (exact) mass is 223 g/mol. The lowest BCUT2D eigenvalue weighted by molar-refractivity contribution is 0.267. The average Bonchev–Trinajstić information content (AvgIpc) is 2.34. The maximum Gasteiger partial charge on any atom is 0.0503 e. The summed E-state index contributed by atoms with van der Waals surface area (Å²) in [4.78, 5) is 0. The van der Waals surface area contributed by atoms with Crippen LogP contribution in [0.25, 0.3) is 0 Å². The van der Waals surface area contributed by atoms with Gasteiger partial charge in [-0.25, -0.2) is 5.53 Å². The molecule has 3 heteroatoms. The Morgan fingerprint density at radius 2 is 1.69 bits per heavy atom. The van der Waals surface area contributed by atoms with Crippen molar-refractivity contribution in [3.05, 3.63) is 12.3 Å². The summed E-state index contributed by atoms with van der Waals surface area (Å²) in [6, 6.07) is 0. The van der Waals surface area contributed by atoms with Gasteiger partial charge in [0.25, 0.3) is 0 Å². The lowest BCUT2D eigenvalue weighted by Crippen LogP contribution is -2.31. The lowest BCUT2D eigenvalue weighted by atomic mass is 10.1. The zero-order chi connectivity index (χ0) is 11.5. The van der Waals surface area contributed by atoms with Crippen LogP contribution < -0.4 is 5.53 Å². The highest BCUT2D eigenvalue weighted by Crippen LogP contribution is 2.08. The first-order valence-electron chi connectivity index (χ1n) is 6.65. The van der Waals surface area contributed by atoms with E-state index in [1.54, 1.807) is 6.21 Å². The molecule has 16 heavy (non-hydrogen) atoms. The predicted molar refractivity (Wildman–Crippen MR) is 70.1 cm³/mol. The molecule has 1 N–H and O–H groups in total. The number of allylic oxidation sites excluding steroid dienone is 1. The van der Waals surface area contributed by atoms with E-state index in [9.17, 15) is 0 Å². The quantitative estimate of drug-likeness (QED) is 0.606. The number of hydrogen-bond donors (Lipinski definition) is 1. The first-order valence-corrected chi connectivity index (χ1v) is 6.65. The Balaban J connectivity index is 1.81. The Hall–Kier alpha value is -0.990. The third-order valence-electron chi connectivity index (χ3n) is 2.87. The minimum absolute atomic E-state index is 1.06. The minimum atomic E-state index is 1.06. The summed E-state index contributed by atoms with van der Waals surface area (Å²) < 4.78 is 0. The van der Waals surface area contributed by atoms with Gasteiger partial charge in [-0.15, -0.1) is 0 Å². The van der Waals surface area contributed by atoms with Crippen molar-refractivity contribution in [2.24, 2.45) is 5.10 Å². The van der Waals surface area contributed by atoms with Crippen LogP contribution in [0.4, 0.5) is 0 Å². The van der Waals surface area contributed by atoms with Crippen molar-refractivity contribution in [1.82, 2.24) is 10.5 Å². The smallest absolute Gasteiger partial charge is 0.0503 e. The molecule has 1 aliphatic rings. The molecule has 0 radical (unpaired) electrons. The van der Waals surface area contributed by atoms with E-state index in [1.807, 2.05) is 17.3 Å². The van der Waals surface area contributed by atoms with Gasteiger partial charge < -0.3 is 0 Å². The van der Waals surface area contributed by atoms with Gasteiger partial charge in [0, 0.05) is 12.7 Å². The molecule has 1 aliphatic heterocycles. The van der Waals surface area contributed by atoms with Crippen LogP contribution in [0.2, 0.25) is 0 Å². The highest BCUT2D eigenvalue weighted by atomic mass is 15.6. The summed E-state index contributed by atoms with van der Waals surface area (Å²) in [6.45, 7) is 3.32. The molecule has 3 nitrogen and oxygen atoms in total. The van der Waals surface area contributed by atoms with Gasteiger partial charge in [-0.3, -0.25) is 5.01 Å². The van der Waals surface area contributed by atoms with Crippen LogP contribution in [-0.4, -0.2) is 17.8 Å². The van der Waals surface area contributed by atoms with E-state index in [4.69, 9.17) is 0 Å². The number of nitrogens with zero attached hydrogens (tertiary/aromatic N) is 2. The molecule has 0 saturated heterocycles. The Kier molecular flexibility index (Phi) is 7.56. The Labute approximate surface area is 99.6 Å². The SMILES string of the molecule is CCCCCCCCCCN1C=CC=NN1. The van der Waals surface area contributed by atoms with Crippen LogP contribution in [0.5, 0.6) is 0 Å². The normalized spacial score (nSPS) is 14.2. The highest BCUT2D eigenvalue weighted by molar-refractivity contribution is 5.70.